The molecular weight excluding hydrogens is 284 g/mol. The van der Waals surface area contributed by atoms with E-state index in [0.29, 0.717) is 19.3 Å². The Balaban J connectivity index is 0.000000384. The molecule has 8 nitrogen and oxygen atoms in total. The van der Waals surface area contributed by atoms with E-state index in [0.717, 1.165) is 0 Å². The lowest BCUT2D eigenvalue weighted by atomic mass is 9.66. The summed E-state index contributed by atoms with van der Waals surface area (Å²) in [6.45, 7) is 1.76. The molecule has 1 aliphatic carbocycles. The van der Waals surface area contributed by atoms with Gasteiger partial charge >= 0.3 is 23.9 Å². The van der Waals surface area contributed by atoms with Crippen LogP contribution in [0.25, 0.3) is 0 Å². The van der Waals surface area contributed by atoms with Crippen LogP contribution in [0.15, 0.2) is 0 Å². The van der Waals surface area contributed by atoms with Crippen LogP contribution < -0.4 is 0 Å². The monoisotopic (exact) mass is 304 g/mol. The molecule has 0 saturated heterocycles. The largest absolute Gasteiger partial charge is 0.481 e. The minimum Gasteiger partial charge on any atom is -0.481 e. The third kappa shape index (κ3) is 7.28. The van der Waals surface area contributed by atoms with Crippen molar-refractivity contribution in [2.24, 2.45) is 17.8 Å². The summed E-state index contributed by atoms with van der Waals surface area (Å²) in [6.07, 6.45) is 1.51. The molecule has 0 aromatic heterocycles. The van der Waals surface area contributed by atoms with Crippen LogP contribution in [0.3, 0.4) is 0 Å². The molecule has 0 bridgehead atoms. The van der Waals surface area contributed by atoms with Crippen LogP contribution in [0.2, 0.25) is 0 Å². The van der Waals surface area contributed by atoms with Gasteiger partial charge in [-0.2, -0.15) is 0 Å². The van der Waals surface area contributed by atoms with Crippen LogP contribution in [0.1, 0.15) is 39.0 Å². The fourth-order valence-corrected chi connectivity index (χ4v) is 2.12. The Morgan fingerprint density at radius 2 is 1.29 bits per heavy atom. The van der Waals surface area contributed by atoms with Gasteiger partial charge < -0.3 is 20.4 Å². The van der Waals surface area contributed by atoms with Gasteiger partial charge in [0.05, 0.1) is 11.8 Å². The first-order chi connectivity index (χ1) is 9.66. The summed E-state index contributed by atoms with van der Waals surface area (Å²) in [5.41, 5.74) is 0. The van der Waals surface area contributed by atoms with Crippen molar-refractivity contribution in [3.63, 3.8) is 0 Å². The minimum absolute atomic E-state index is 0.00796. The van der Waals surface area contributed by atoms with Crippen LogP contribution in [-0.2, 0) is 19.2 Å². The zero-order valence-electron chi connectivity index (χ0n) is 11.7. The van der Waals surface area contributed by atoms with Gasteiger partial charge in [0.1, 0.15) is 0 Å². The first kappa shape index (κ1) is 18.9. The van der Waals surface area contributed by atoms with Crippen molar-refractivity contribution in [1.82, 2.24) is 0 Å². The second-order valence-electron chi connectivity index (χ2n) is 5.02. The highest BCUT2D eigenvalue weighted by Gasteiger charge is 2.47. The van der Waals surface area contributed by atoms with E-state index in [2.05, 4.69) is 0 Å². The number of aliphatic carboxylic acids is 4. The van der Waals surface area contributed by atoms with Gasteiger partial charge in [-0.05, 0) is 25.2 Å². The van der Waals surface area contributed by atoms with Crippen molar-refractivity contribution in [3.05, 3.63) is 0 Å². The average Bonchev–Trinajstić information content (AvgIpc) is 2.30. The summed E-state index contributed by atoms with van der Waals surface area (Å²) in [5, 5.41) is 33.3. The third-order valence-electron chi connectivity index (χ3n) is 3.31. The number of hydrogen-bond donors (Lipinski definition) is 4. The molecular formula is C13H20O8. The number of carboxylic acid groups (broad SMARTS) is 4. The first-order valence-electron chi connectivity index (χ1n) is 6.56. The molecule has 0 radical (unpaired) electrons. The van der Waals surface area contributed by atoms with Gasteiger partial charge in [-0.15, -0.1) is 0 Å². The van der Waals surface area contributed by atoms with Gasteiger partial charge in [-0.1, -0.05) is 6.92 Å². The maximum Gasteiger partial charge on any atom is 0.307 e. The van der Waals surface area contributed by atoms with Crippen LogP contribution in [0, 0.1) is 17.8 Å². The Hall–Kier alpha value is -2.12. The summed E-state index contributed by atoms with van der Waals surface area (Å²) < 4.78 is 0. The highest BCUT2D eigenvalue weighted by molar-refractivity contribution is 5.82. The molecule has 1 aliphatic rings. The predicted octanol–water partition coefficient (Wildman–Crippen LogP) is 1.14. The van der Waals surface area contributed by atoms with Crippen LogP contribution in [0.4, 0.5) is 0 Å². The summed E-state index contributed by atoms with van der Waals surface area (Å²) in [7, 11) is 0. The van der Waals surface area contributed by atoms with Crippen molar-refractivity contribution in [2.75, 3.05) is 0 Å². The lowest BCUT2D eigenvalue weighted by Gasteiger charge is -2.36. The topological polar surface area (TPSA) is 149 Å². The molecule has 0 aliphatic heterocycles. The number of carbonyl (C=O) groups is 4. The molecule has 1 saturated carbocycles. The fraction of sp³-hybridized carbons (Fsp3) is 0.692. The molecule has 8 heteroatoms. The van der Waals surface area contributed by atoms with E-state index in [4.69, 9.17) is 20.4 Å². The fourth-order valence-electron chi connectivity index (χ4n) is 2.12. The SMILES string of the molecule is CC1CC(C(=O)O)C1C(=O)O.O=C(O)CCCCC(=O)O. The highest BCUT2D eigenvalue weighted by atomic mass is 16.4. The van der Waals surface area contributed by atoms with Crippen molar-refractivity contribution < 1.29 is 39.6 Å². The summed E-state index contributed by atoms with van der Waals surface area (Å²) in [4.78, 5) is 40.6. The summed E-state index contributed by atoms with van der Waals surface area (Å²) >= 11 is 0. The lowest BCUT2D eigenvalue weighted by Crippen LogP contribution is -2.44. The van der Waals surface area contributed by atoms with Crippen molar-refractivity contribution >= 4 is 23.9 Å². The van der Waals surface area contributed by atoms with Gasteiger partial charge in [-0.25, -0.2) is 0 Å². The molecule has 3 atom stereocenters. The first-order valence-corrected chi connectivity index (χ1v) is 6.56. The molecule has 0 aromatic carbocycles. The second-order valence-corrected chi connectivity index (χ2v) is 5.02. The predicted molar refractivity (Wildman–Crippen MR) is 69.8 cm³/mol. The summed E-state index contributed by atoms with van der Waals surface area (Å²) in [5.74, 6) is -5.05. The van der Waals surface area contributed by atoms with Crippen molar-refractivity contribution in [1.29, 1.82) is 0 Å². The van der Waals surface area contributed by atoms with Crippen LogP contribution in [0.5, 0.6) is 0 Å². The Kier molecular flexibility index (Phi) is 8.03. The van der Waals surface area contributed by atoms with Gasteiger partial charge in [0.25, 0.3) is 0 Å². The van der Waals surface area contributed by atoms with Gasteiger partial charge in [0.2, 0.25) is 0 Å². The van der Waals surface area contributed by atoms with E-state index < -0.39 is 35.7 Å². The Bertz CT molecular complexity index is 387. The van der Waals surface area contributed by atoms with Gasteiger partial charge in [0, 0.05) is 12.8 Å². The molecule has 1 fully saturated rings. The number of hydrogen-bond acceptors (Lipinski definition) is 4. The van der Waals surface area contributed by atoms with Crippen LogP contribution in [-0.4, -0.2) is 44.3 Å². The molecule has 0 heterocycles. The van der Waals surface area contributed by atoms with E-state index in [9.17, 15) is 19.2 Å². The highest BCUT2D eigenvalue weighted by Crippen LogP contribution is 2.40. The summed E-state index contributed by atoms with van der Waals surface area (Å²) in [6, 6.07) is 0. The quantitative estimate of drug-likeness (QED) is 0.511. The molecule has 0 spiro atoms. The third-order valence-corrected chi connectivity index (χ3v) is 3.31. The normalized spacial score (nSPS) is 23.2. The smallest absolute Gasteiger partial charge is 0.307 e. The van der Waals surface area contributed by atoms with Gasteiger partial charge in [-0.3, -0.25) is 19.2 Å². The maximum absolute atomic E-state index is 10.4. The van der Waals surface area contributed by atoms with E-state index >= 15 is 0 Å². The number of unbranched alkanes of at least 4 members (excludes halogenated alkanes) is 1. The number of rotatable bonds is 7. The molecule has 0 amide bonds. The van der Waals surface area contributed by atoms with Gasteiger partial charge in [0.15, 0.2) is 0 Å². The molecule has 120 valence electrons. The lowest BCUT2D eigenvalue weighted by molar-refractivity contribution is -0.164. The van der Waals surface area contributed by atoms with Crippen LogP contribution >= 0.6 is 0 Å². The Morgan fingerprint density at radius 1 is 0.857 bits per heavy atom. The van der Waals surface area contributed by atoms with Crippen molar-refractivity contribution in [2.45, 2.75) is 39.0 Å². The standard InChI is InChI=1S/C7H10O4.C6H10O4/c1-3-2-4(6(8)9)5(3)7(10)11;7-5(8)3-1-2-4-6(9)10/h3-5H,2H2,1H3,(H,8,9)(H,10,11);1-4H2,(H,7,8)(H,9,10). The Morgan fingerprint density at radius 3 is 1.48 bits per heavy atom. The van der Waals surface area contributed by atoms with Crippen molar-refractivity contribution in [3.8, 4) is 0 Å². The zero-order valence-corrected chi connectivity index (χ0v) is 11.7. The molecule has 1 rings (SSSR count). The molecule has 0 aromatic rings. The molecule has 21 heavy (non-hydrogen) atoms. The van der Waals surface area contributed by atoms with E-state index in [1.165, 1.54) is 0 Å². The minimum atomic E-state index is -0.990. The Labute approximate surface area is 121 Å². The zero-order chi connectivity index (χ0) is 16.6. The van der Waals surface area contributed by atoms with E-state index in [1.54, 1.807) is 6.92 Å². The van der Waals surface area contributed by atoms with E-state index in [-0.39, 0.29) is 18.8 Å². The maximum atomic E-state index is 10.4. The second kappa shape index (κ2) is 8.93. The molecule has 3 unspecified atom stereocenters. The average molecular weight is 304 g/mol. The van der Waals surface area contributed by atoms with E-state index in [1.807, 2.05) is 0 Å². The molecule has 4 N–H and O–H groups in total. The number of carboxylic acids is 4.